The van der Waals surface area contributed by atoms with Crippen molar-refractivity contribution in [1.29, 1.82) is 0 Å². The van der Waals surface area contributed by atoms with E-state index in [4.69, 9.17) is 5.73 Å². The van der Waals surface area contributed by atoms with Gasteiger partial charge < -0.3 is 16.0 Å². The first-order valence-electron chi connectivity index (χ1n) is 5.74. The summed E-state index contributed by atoms with van der Waals surface area (Å²) in [5.41, 5.74) is 5.08. The molecule has 1 heterocycles. The molecule has 1 aromatic heterocycles. The Morgan fingerprint density at radius 3 is 2.89 bits per heavy atom. The van der Waals surface area contributed by atoms with E-state index in [-0.39, 0.29) is 35.8 Å². The van der Waals surface area contributed by atoms with Crippen LogP contribution < -0.4 is 16.0 Å². The second-order valence-corrected chi connectivity index (χ2v) is 4.39. The molecule has 9 heteroatoms. The minimum Gasteiger partial charge on any atom is -0.378 e. The lowest BCUT2D eigenvalue weighted by atomic mass is 10.4. The van der Waals surface area contributed by atoms with Crippen LogP contribution in [0.1, 0.15) is 12.8 Å². The maximum Gasteiger partial charge on any atom is 0.353 e. The minimum absolute atomic E-state index is 0.0200. The van der Waals surface area contributed by atoms with Gasteiger partial charge in [0, 0.05) is 13.1 Å². The number of amides is 1. The zero-order valence-electron chi connectivity index (χ0n) is 10.4. The summed E-state index contributed by atoms with van der Waals surface area (Å²) >= 11 is 0. The topological polar surface area (TPSA) is 127 Å². The van der Waals surface area contributed by atoms with E-state index < -0.39 is 4.92 Å². The number of nitro groups is 1. The van der Waals surface area contributed by atoms with Crippen LogP contribution in [0.2, 0.25) is 0 Å². The molecular formula is C10H14N6O3. The monoisotopic (exact) mass is 266 g/mol. The summed E-state index contributed by atoms with van der Waals surface area (Å²) in [5.74, 6) is -0.385. The number of nitrogens with two attached hydrogens (primary N) is 1. The van der Waals surface area contributed by atoms with Crippen LogP contribution in [0, 0.1) is 10.1 Å². The predicted molar refractivity (Wildman–Crippen MR) is 67.5 cm³/mol. The van der Waals surface area contributed by atoms with E-state index in [2.05, 4.69) is 15.3 Å². The third-order valence-corrected chi connectivity index (χ3v) is 2.70. The van der Waals surface area contributed by atoms with Crippen molar-refractivity contribution in [3.8, 4) is 0 Å². The number of nitrogens with zero attached hydrogens (tertiary/aromatic N) is 4. The Balaban J connectivity index is 2.13. The van der Waals surface area contributed by atoms with Crippen LogP contribution >= 0.6 is 0 Å². The zero-order valence-corrected chi connectivity index (χ0v) is 10.4. The molecule has 1 aliphatic carbocycles. The molecule has 0 spiro atoms. The van der Waals surface area contributed by atoms with Gasteiger partial charge in [0.05, 0.1) is 11.5 Å². The molecule has 0 aliphatic heterocycles. The van der Waals surface area contributed by atoms with Gasteiger partial charge in [0.25, 0.3) is 0 Å². The maximum absolute atomic E-state index is 11.6. The van der Waals surface area contributed by atoms with Gasteiger partial charge in [-0.3, -0.25) is 14.9 Å². The molecule has 0 saturated heterocycles. The molecule has 1 aromatic rings. The van der Waals surface area contributed by atoms with E-state index in [9.17, 15) is 14.9 Å². The lowest BCUT2D eigenvalue weighted by Gasteiger charge is -2.17. The van der Waals surface area contributed by atoms with E-state index in [0.717, 1.165) is 19.2 Å². The SMILES string of the molecule is CN(CC(=O)NC1CC1)c1ncnc(N)c1[N+](=O)[O-]. The first-order chi connectivity index (χ1) is 8.99. The fraction of sp³-hybridized carbons (Fsp3) is 0.500. The number of nitrogens with one attached hydrogen (secondary N) is 1. The number of carbonyl (C=O) groups is 1. The highest BCUT2D eigenvalue weighted by Crippen LogP contribution is 2.28. The first-order valence-corrected chi connectivity index (χ1v) is 5.74. The summed E-state index contributed by atoms with van der Waals surface area (Å²) in [6, 6.07) is 0.242. The van der Waals surface area contributed by atoms with Gasteiger partial charge in [-0.2, -0.15) is 0 Å². The zero-order chi connectivity index (χ0) is 14.0. The number of hydrogen-bond acceptors (Lipinski definition) is 7. The molecule has 19 heavy (non-hydrogen) atoms. The number of nitrogen functional groups attached to an aromatic ring is 1. The number of aromatic nitrogens is 2. The maximum atomic E-state index is 11.6. The summed E-state index contributed by atoms with van der Waals surface area (Å²) in [6.07, 6.45) is 3.10. The smallest absolute Gasteiger partial charge is 0.353 e. The van der Waals surface area contributed by atoms with Crippen LogP contribution in [0.15, 0.2) is 6.33 Å². The average Bonchev–Trinajstić information content (AvgIpc) is 3.11. The number of likely N-dealkylation sites (N-methyl/N-ethyl adjacent to an activating group) is 1. The Kier molecular flexibility index (Phi) is 3.45. The molecule has 1 fully saturated rings. The van der Waals surface area contributed by atoms with Crippen molar-refractivity contribution < 1.29 is 9.72 Å². The number of hydrogen-bond donors (Lipinski definition) is 2. The molecule has 102 valence electrons. The number of carbonyl (C=O) groups excluding carboxylic acids is 1. The van der Waals surface area contributed by atoms with E-state index >= 15 is 0 Å². The third-order valence-electron chi connectivity index (χ3n) is 2.70. The van der Waals surface area contributed by atoms with Gasteiger partial charge in [-0.1, -0.05) is 0 Å². The van der Waals surface area contributed by atoms with Gasteiger partial charge >= 0.3 is 5.69 Å². The highest BCUT2D eigenvalue weighted by atomic mass is 16.6. The minimum atomic E-state index is -0.653. The van der Waals surface area contributed by atoms with E-state index in [1.807, 2.05) is 0 Å². The van der Waals surface area contributed by atoms with Crippen LogP contribution in [-0.4, -0.2) is 40.4 Å². The summed E-state index contributed by atoms with van der Waals surface area (Å²) in [6.45, 7) is -0.0200. The molecule has 1 saturated carbocycles. The molecule has 0 atom stereocenters. The summed E-state index contributed by atoms with van der Waals surface area (Å²) in [7, 11) is 1.54. The van der Waals surface area contributed by atoms with Gasteiger partial charge in [0.1, 0.15) is 6.33 Å². The van der Waals surface area contributed by atoms with Crippen LogP contribution in [0.5, 0.6) is 0 Å². The van der Waals surface area contributed by atoms with Crippen molar-refractivity contribution in [3.05, 3.63) is 16.4 Å². The number of rotatable bonds is 5. The predicted octanol–water partition coefficient (Wildman–Crippen LogP) is -0.318. The van der Waals surface area contributed by atoms with Crippen molar-refractivity contribution in [2.75, 3.05) is 24.2 Å². The van der Waals surface area contributed by atoms with Gasteiger partial charge in [-0.05, 0) is 12.8 Å². The van der Waals surface area contributed by atoms with Crippen molar-refractivity contribution in [3.63, 3.8) is 0 Å². The molecule has 9 nitrogen and oxygen atoms in total. The van der Waals surface area contributed by atoms with Gasteiger partial charge in [-0.15, -0.1) is 0 Å². The standard InChI is InChI=1S/C10H14N6O3/c1-15(4-7(17)14-6-2-3-6)10-8(16(18)19)9(11)12-5-13-10/h5-6H,2-4H2,1H3,(H,14,17)(H2,11,12,13). The molecule has 0 radical (unpaired) electrons. The fourth-order valence-corrected chi connectivity index (χ4v) is 1.63. The van der Waals surface area contributed by atoms with E-state index in [1.54, 1.807) is 7.05 Å². The second-order valence-electron chi connectivity index (χ2n) is 4.39. The molecule has 1 amide bonds. The van der Waals surface area contributed by atoms with Crippen LogP contribution in [0.4, 0.5) is 17.3 Å². The van der Waals surface area contributed by atoms with Crippen LogP contribution in [0.3, 0.4) is 0 Å². The fourth-order valence-electron chi connectivity index (χ4n) is 1.63. The Labute approximate surface area is 109 Å². The molecule has 3 N–H and O–H groups in total. The Morgan fingerprint density at radius 2 is 2.32 bits per heavy atom. The van der Waals surface area contributed by atoms with Gasteiger partial charge in [-0.25, -0.2) is 9.97 Å². The molecule has 0 unspecified atom stereocenters. The number of anilines is 2. The highest BCUT2D eigenvalue weighted by Gasteiger charge is 2.27. The van der Waals surface area contributed by atoms with Crippen molar-refractivity contribution in [1.82, 2.24) is 15.3 Å². The van der Waals surface area contributed by atoms with E-state index in [0.29, 0.717) is 0 Å². The molecule has 0 bridgehead atoms. The summed E-state index contributed by atoms with van der Waals surface area (Å²) in [5, 5.41) is 13.7. The highest BCUT2D eigenvalue weighted by molar-refractivity contribution is 5.83. The molecule has 2 rings (SSSR count). The van der Waals surface area contributed by atoms with E-state index in [1.165, 1.54) is 4.90 Å². The summed E-state index contributed by atoms with van der Waals surface area (Å²) < 4.78 is 0. The molecule has 0 aromatic carbocycles. The van der Waals surface area contributed by atoms with Crippen molar-refractivity contribution in [2.24, 2.45) is 0 Å². The Bertz CT molecular complexity index is 516. The van der Waals surface area contributed by atoms with Crippen LogP contribution in [-0.2, 0) is 4.79 Å². The normalized spacial score (nSPS) is 13.9. The van der Waals surface area contributed by atoms with Gasteiger partial charge in [0.2, 0.25) is 17.5 Å². The average molecular weight is 266 g/mol. The molecule has 1 aliphatic rings. The Hall–Kier alpha value is -2.45. The lowest BCUT2D eigenvalue weighted by Crippen LogP contribution is -2.36. The quantitative estimate of drug-likeness (QED) is 0.552. The van der Waals surface area contributed by atoms with Crippen molar-refractivity contribution >= 4 is 23.2 Å². The largest absolute Gasteiger partial charge is 0.378 e. The van der Waals surface area contributed by atoms with Crippen molar-refractivity contribution in [2.45, 2.75) is 18.9 Å². The Morgan fingerprint density at radius 1 is 1.63 bits per heavy atom. The van der Waals surface area contributed by atoms with Crippen LogP contribution in [0.25, 0.3) is 0 Å². The molecular weight excluding hydrogens is 252 g/mol. The first kappa shape index (κ1) is 13.0. The second kappa shape index (κ2) is 5.04. The van der Waals surface area contributed by atoms with Gasteiger partial charge in [0.15, 0.2) is 0 Å². The third kappa shape index (κ3) is 3.06. The lowest BCUT2D eigenvalue weighted by molar-refractivity contribution is -0.383. The summed E-state index contributed by atoms with van der Waals surface area (Å²) in [4.78, 5) is 30.7.